The summed E-state index contributed by atoms with van der Waals surface area (Å²) < 4.78 is 0. The van der Waals surface area contributed by atoms with Crippen LogP contribution in [0.5, 0.6) is 0 Å². The van der Waals surface area contributed by atoms with Crippen LogP contribution >= 0.6 is 0 Å². The Bertz CT molecular complexity index is 1030. The fraction of sp³-hybridized carbons (Fsp3) is 0.360. The molecule has 0 aromatic heterocycles. The first-order valence-corrected chi connectivity index (χ1v) is 10.1. The highest BCUT2D eigenvalue weighted by Crippen LogP contribution is 2.36. The van der Waals surface area contributed by atoms with Crippen molar-refractivity contribution in [2.75, 3.05) is 7.05 Å². The second-order valence-corrected chi connectivity index (χ2v) is 7.72. The second-order valence-electron chi connectivity index (χ2n) is 7.72. The number of aliphatic imine (C=N–C) groups is 1. The van der Waals surface area contributed by atoms with Gasteiger partial charge in [0.2, 0.25) is 5.91 Å². The van der Waals surface area contributed by atoms with E-state index in [1.54, 1.807) is 7.05 Å². The Morgan fingerprint density at radius 2 is 2.00 bits per heavy atom. The van der Waals surface area contributed by atoms with E-state index in [0.29, 0.717) is 12.3 Å². The highest BCUT2D eigenvalue weighted by Gasteiger charge is 2.26. The number of rotatable bonds is 4. The van der Waals surface area contributed by atoms with Gasteiger partial charge in [-0.05, 0) is 72.2 Å². The van der Waals surface area contributed by atoms with Crippen LogP contribution in [0.3, 0.4) is 0 Å². The van der Waals surface area contributed by atoms with Crippen molar-refractivity contribution in [3.63, 3.8) is 0 Å². The van der Waals surface area contributed by atoms with Gasteiger partial charge >= 0.3 is 0 Å². The molecule has 1 aliphatic heterocycles. The SMILES string of the molecule is CC#Cc1ccc(C(C)CC)c(-c2cc(C3CC(=O)N(C)C(N)=N3)ccc2C)c1. The summed E-state index contributed by atoms with van der Waals surface area (Å²) in [5, 5.41) is 0. The van der Waals surface area contributed by atoms with Gasteiger partial charge in [-0.3, -0.25) is 9.69 Å². The van der Waals surface area contributed by atoms with E-state index in [4.69, 9.17) is 5.73 Å². The molecule has 4 heteroatoms. The molecule has 4 nitrogen and oxygen atoms in total. The maximum atomic E-state index is 12.3. The van der Waals surface area contributed by atoms with E-state index in [-0.39, 0.29) is 17.9 Å². The van der Waals surface area contributed by atoms with Crippen LogP contribution < -0.4 is 5.73 Å². The third-order valence-electron chi connectivity index (χ3n) is 5.78. The largest absolute Gasteiger partial charge is 0.369 e. The van der Waals surface area contributed by atoms with Crippen molar-refractivity contribution in [1.82, 2.24) is 4.90 Å². The van der Waals surface area contributed by atoms with Crippen LogP contribution in [-0.4, -0.2) is 23.8 Å². The van der Waals surface area contributed by atoms with Crippen LogP contribution in [0, 0.1) is 18.8 Å². The molecule has 0 saturated heterocycles. The molecule has 2 atom stereocenters. The van der Waals surface area contributed by atoms with Crippen molar-refractivity contribution in [2.24, 2.45) is 10.7 Å². The molecule has 2 N–H and O–H groups in total. The van der Waals surface area contributed by atoms with Crippen molar-refractivity contribution in [2.45, 2.75) is 52.5 Å². The molecule has 150 valence electrons. The Morgan fingerprint density at radius 1 is 1.24 bits per heavy atom. The molecule has 0 radical (unpaired) electrons. The van der Waals surface area contributed by atoms with Crippen LogP contribution in [0.2, 0.25) is 0 Å². The van der Waals surface area contributed by atoms with E-state index in [1.165, 1.54) is 21.6 Å². The molecule has 2 aromatic carbocycles. The fourth-order valence-electron chi connectivity index (χ4n) is 3.71. The number of guanidine groups is 1. The van der Waals surface area contributed by atoms with Gasteiger partial charge in [-0.15, -0.1) is 5.92 Å². The lowest BCUT2D eigenvalue weighted by Crippen LogP contribution is -2.42. The molecule has 1 heterocycles. The number of benzene rings is 2. The summed E-state index contributed by atoms with van der Waals surface area (Å²) in [6.07, 6.45) is 1.40. The van der Waals surface area contributed by atoms with Crippen molar-refractivity contribution in [3.8, 4) is 23.0 Å². The Balaban J connectivity index is 2.14. The Hall–Kier alpha value is -3.06. The number of amides is 1. The summed E-state index contributed by atoms with van der Waals surface area (Å²) in [5.41, 5.74) is 12.8. The molecule has 0 bridgehead atoms. The standard InChI is InChI=1S/C25H29N3O/c1-6-8-18-10-12-20(16(3)7-2)22(13-18)21-14-19(11-9-17(21)4)23-15-24(29)28(5)25(26)27-23/h9-14,16,23H,7,15H2,1-5H3,(H2,26,27). The number of hydrogen-bond acceptors (Lipinski definition) is 3. The zero-order valence-electron chi connectivity index (χ0n) is 17.9. The maximum absolute atomic E-state index is 12.3. The van der Waals surface area contributed by atoms with Gasteiger partial charge in [0.05, 0.1) is 12.5 Å². The van der Waals surface area contributed by atoms with Gasteiger partial charge in [-0.25, -0.2) is 4.99 Å². The maximum Gasteiger partial charge on any atom is 0.231 e. The van der Waals surface area contributed by atoms with E-state index in [2.05, 4.69) is 74.0 Å². The minimum atomic E-state index is -0.247. The summed E-state index contributed by atoms with van der Waals surface area (Å²) in [5.74, 6) is 6.87. The summed E-state index contributed by atoms with van der Waals surface area (Å²) in [4.78, 5) is 18.2. The first-order chi connectivity index (χ1) is 13.8. The number of aryl methyl sites for hydroxylation is 1. The molecule has 3 rings (SSSR count). The third kappa shape index (κ3) is 4.19. The monoisotopic (exact) mass is 387 g/mol. The molecule has 0 aliphatic carbocycles. The highest BCUT2D eigenvalue weighted by atomic mass is 16.2. The first kappa shape index (κ1) is 20.7. The molecule has 1 aliphatic rings. The molecule has 29 heavy (non-hydrogen) atoms. The Morgan fingerprint density at radius 3 is 2.66 bits per heavy atom. The first-order valence-electron chi connectivity index (χ1n) is 10.1. The summed E-state index contributed by atoms with van der Waals surface area (Å²) >= 11 is 0. The van der Waals surface area contributed by atoms with Gasteiger partial charge in [0, 0.05) is 12.6 Å². The van der Waals surface area contributed by atoms with E-state index in [0.717, 1.165) is 23.1 Å². The number of hydrogen-bond donors (Lipinski definition) is 1. The highest BCUT2D eigenvalue weighted by molar-refractivity contribution is 5.98. The van der Waals surface area contributed by atoms with Crippen LogP contribution in [0.25, 0.3) is 11.1 Å². The van der Waals surface area contributed by atoms with Gasteiger partial charge in [0.15, 0.2) is 5.96 Å². The molecule has 0 fully saturated rings. The van der Waals surface area contributed by atoms with Gasteiger partial charge in [-0.2, -0.15) is 0 Å². The minimum Gasteiger partial charge on any atom is -0.369 e. The second kappa shape index (κ2) is 8.53. The van der Waals surface area contributed by atoms with Gasteiger partial charge in [-0.1, -0.05) is 38.0 Å². The normalized spacial score (nSPS) is 17.4. The zero-order chi connectivity index (χ0) is 21.1. The number of carbonyl (C=O) groups excluding carboxylic acids is 1. The Labute approximate surface area is 173 Å². The summed E-state index contributed by atoms with van der Waals surface area (Å²) in [6.45, 7) is 8.44. The van der Waals surface area contributed by atoms with Crippen molar-refractivity contribution in [3.05, 3.63) is 58.7 Å². The molecule has 2 unspecified atom stereocenters. The average molecular weight is 388 g/mol. The molecular formula is C25H29N3O. The van der Waals surface area contributed by atoms with Gasteiger partial charge < -0.3 is 5.73 Å². The predicted molar refractivity (Wildman–Crippen MR) is 120 cm³/mol. The lowest BCUT2D eigenvalue weighted by Gasteiger charge is -2.26. The van der Waals surface area contributed by atoms with Gasteiger partial charge in [0.25, 0.3) is 0 Å². The minimum absolute atomic E-state index is 0.00913. The Kier molecular flexibility index (Phi) is 6.08. The topological polar surface area (TPSA) is 58.7 Å². The van der Waals surface area contributed by atoms with E-state index < -0.39 is 0 Å². The lowest BCUT2D eigenvalue weighted by molar-refractivity contribution is -0.127. The smallest absolute Gasteiger partial charge is 0.231 e. The number of carbonyl (C=O) groups is 1. The third-order valence-corrected chi connectivity index (χ3v) is 5.78. The van der Waals surface area contributed by atoms with Crippen LogP contribution in [0.1, 0.15) is 67.8 Å². The fourth-order valence-corrected chi connectivity index (χ4v) is 3.71. The van der Waals surface area contributed by atoms with E-state index >= 15 is 0 Å². The average Bonchev–Trinajstić information content (AvgIpc) is 2.71. The summed E-state index contributed by atoms with van der Waals surface area (Å²) in [7, 11) is 1.66. The summed E-state index contributed by atoms with van der Waals surface area (Å²) in [6, 6.07) is 12.6. The molecular weight excluding hydrogens is 358 g/mol. The molecule has 2 aromatic rings. The number of nitrogens with zero attached hydrogens (tertiary/aromatic N) is 2. The van der Waals surface area contributed by atoms with Gasteiger partial charge in [0.1, 0.15) is 0 Å². The molecule has 1 amide bonds. The number of nitrogens with two attached hydrogens (primary N) is 1. The van der Waals surface area contributed by atoms with Crippen LogP contribution in [0.4, 0.5) is 0 Å². The van der Waals surface area contributed by atoms with E-state index in [1.807, 2.05) is 6.92 Å². The molecule has 0 saturated carbocycles. The van der Waals surface area contributed by atoms with Crippen LogP contribution in [0.15, 0.2) is 41.4 Å². The van der Waals surface area contributed by atoms with Crippen molar-refractivity contribution >= 4 is 11.9 Å². The zero-order valence-corrected chi connectivity index (χ0v) is 17.9. The van der Waals surface area contributed by atoms with Crippen molar-refractivity contribution < 1.29 is 4.79 Å². The van der Waals surface area contributed by atoms with Crippen LogP contribution in [-0.2, 0) is 4.79 Å². The quantitative estimate of drug-likeness (QED) is 0.769. The van der Waals surface area contributed by atoms with E-state index in [9.17, 15) is 4.79 Å². The predicted octanol–water partition coefficient (Wildman–Crippen LogP) is 4.76. The molecule has 0 spiro atoms. The van der Waals surface area contributed by atoms with Crippen molar-refractivity contribution in [1.29, 1.82) is 0 Å². The lowest BCUT2D eigenvalue weighted by atomic mass is 9.86.